The van der Waals surface area contributed by atoms with Crippen molar-refractivity contribution in [3.63, 3.8) is 0 Å². The second-order valence-corrected chi connectivity index (χ2v) is 6.63. The second-order valence-electron chi connectivity index (χ2n) is 6.63. The molecule has 1 saturated heterocycles. The van der Waals surface area contributed by atoms with Crippen LogP contribution in [0.3, 0.4) is 0 Å². The average Bonchev–Trinajstić information content (AvgIpc) is 2.86. The summed E-state index contributed by atoms with van der Waals surface area (Å²) in [6, 6.07) is 9.63. The lowest BCUT2D eigenvalue weighted by atomic mass is 10.2. The molecule has 0 aliphatic carbocycles. The molecule has 0 spiro atoms. The first-order valence-electron chi connectivity index (χ1n) is 8.97. The van der Waals surface area contributed by atoms with Gasteiger partial charge in [-0.3, -0.25) is 4.79 Å². The van der Waals surface area contributed by atoms with E-state index in [1.807, 2.05) is 19.1 Å². The van der Waals surface area contributed by atoms with Gasteiger partial charge in [-0.15, -0.1) is 0 Å². The molecule has 2 N–H and O–H groups in total. The zero-order chi connectivity index (χ0) is 17.6. The monoisotopic (exact) mass is 342 g/mol. The summed E-state index contributed by atoms with van der Waals surface area (Å²) in [7, 11) is 0. The third kappa shape index (κ3) is 4.75. The number of hydrogen-bond acceptors (Lipinski definition) is 5. The van der Waals surface area contributed by atoms with Crippen LogP contribution in [-0.4, -0.2) is 30.2 Å². The highest BCUT2D eigenvalue weighted by Gasteiger charge is 2.15. The van der Waals surface area contributed by atoms with Crippen LogP contribution in [0.25, 0.3) is 0 Å². The predicted molar refractivity (Wildman–Crippen MR) is 100 cm³/mol. The molecule has 1 aliphatic heterocycles. The van der Waals surface area contributed by atoms with Crippen molar-refractivity contribution in [2.75, 3.05) is 28.6 Å². The van der Waals surface area contributed by atoms with Crippen molar-refractivity contribution in [1.82, 2.24) is 5.16 Å². The molecule has 1 amide bonds. The van der Waals surface area contributed by atoms with Crippen LogP contribution < -0.4 is 15.5 Å². The number of hydrogen-bond donors (Lipinski definition) is 2. The van der Waals surface area contributed by atoms with Gasteiger partial charge in [-0.2, -0.15) is 0 Å². The minimum Gasteiger partial charge on any atom is -0.374 e. The molecule has 134 valence electrons. The summed E-state index contributed by atoms with van der Waals surface area (Å²) in [6.45, 7) is 5.87. The molecule has 1 atom stereocenters. The Labute approximate surface area is 148 Å². The number of carbonyl (C=O) groups is 1. The quantitative estimate of drug-likeness (QED) is 0.865. The maximum atomic E-state index is 12.2. The van der Waals surface area contributed by atoms with E-state index in [9.17, 15) is 4.79 Å². The van der Waals surface area contributed by atoms with Gasteiger partial charge >= 0.3 is 0 Å². The van der Waals surface area contributed by atoms with E-state index in [1.54, 1.807) is 13.0 Å². The standard InChI is InChI=1S/C19H26N4O2/c1-14-13-18(22-25-14)21-19(24)15(2)20-16-7-9-17(10-8-16)23-11-5-3-4-6-12-23/h7-10,13,15,20H,3-6,11-12H2,1-2H3,(H,21,22,24)/t15-/m1/s1. The van der Waals surface area contributed by atoms with Gasteiger partial charge in [0.05, 0.1) is 0 Å². The fourth-order valence-electron chi connectivity index (χ4n) is 3.07. The fourth-order valence-corrected chi connectivity index (χ4v) is 3.07. The maximum absolute atomic E-state index is 12.2. The van der Waals surface area contributed by atoms with Crippen molar-refractivity contribution in [3.8, 4) is 0 Å². The number of anilines is 3. The summed E-state index contributed by atoms with van der Waals surface area (Å²) in [5.41, 5.74) is 2.18. The number of carbonyl (C=O) groups excluding carboxylic acids is 1. The molecular weight excluding hydrogens is 316 g/mol. The smallest absolute Gasteiger partial charge is 0.247 e. The van der Waals surface area contributed by atoms with Gasteiger partial charge in [-0.25, -0.2) is 0 Å². The van der Waals surface area contributed by atoms with Gasteiger partial charge in [0, 0.05) is 30.5 Å². The Morgan fingerprint density at radius 1 is 1.16 bits per heavy atom. The highest BCUT2D eigenvalue weighted by Crippen LogP contribution is 2.22. The van der Waals surface area contributed by atoms with E-state index in [0.717, 1.165) is 18.8 Å². The number of aromatic nitrogens is 1. The minimum atomic E-state index is -0.374. The molecule has 3 rings (SSSR count). The average molecular weight is 342 g/mol. The number of amides is 1. The molecule has 1 aromatic carbocycles. The Kier molecular flexibility index (Phi) is 5.58. The van der Waals surface area contributed by atoms with E-state index in [1.165, 1.54) is 31.4 Å². The number of nitrogens with one attached hydrogen (secondary N) is 2. The number of rotatable bonds is 5. The normalized spacial score (nSPS) is 16.2. The number of nitrogens with zero attached hydrogens (tertiary/aromatic N) is 2. The molecule has 1 aromatic heterocycles. The van der Waals surface area contributed by atoms with Crippen LogP contribution in [0.1, 0.15) is 38.4 Å². The largest absolute Gasteiger partial charge is 0.374 e. The zero-order valence-corrected chi connectivity index (χ0v) is 14.9. The molecule has 2 heterocycles. The van der Waals surface area contributed by atoms with Crippen LogP contribution in [0.5, 0.6) is 0 Å². The van der Waals surface area contributed by atoms with Gasteiger partial charge in [0.25, 0.3) is 0 Å². The van der Waals surface area contributed by atoms with Gasteiger partial charge in [0.15, 0.2) is 5.82 Å². The van der Waals surface area contributed by atoms with Crippen molar-refractivity contribution in [3.05, 3.63) is 36.1 Å². The van der Waals surface area contributed by atoms with E-state index in [4.69, 9.17) is 4.52 Å². The molecule has 6 heteroatoms. The first kappa shape index (κ1) is 17.3. The third-order valence-electron chi connectivity index (χ3n) is 4.49. The van der Waals surface area contributed by atoms with E-state index < -0.39 is 0 Å². The van der Waals surface area contributed by atoms with E-state index in [-0.39, 0.29) is 11.9 Å². The fraction of sp³-hybridized carbons (Fsp3) is 0.474. The molecule has 0 saturated carbocycles. The third-order valence-corrected chi connectivity index (χ3v) is 4.49. The van der Waals surface area contributed by atoms with Crippen LogP contribution in [0, 0.1) is 6.92 Å². The Morgan fingerprint density at radius 3 is 2.44 bits per heavy atom. The topological polar surface area (TPSA) is 70.4 Å². The summed E-state index contributed by atoms with van der Waals surface area (Å²) in [5, 5.41) is 9.74. The van der Waals surface area contributed by atoms with E-state index in [0.29, 0.717) is 11.6 Å². The summed E-state index contributed by atoms with van der Waals surface area (Å²) < 4.78 is 4.95. The Bertz CT molecular complexity index is 688. The first-order chi connectivity index (χ1) is 12.1. The summed E-state index contributed by atoms with van der Waals surface area (Å²) in [6.07, 6.45) is 5.18. The van der Waals surface area contributed by atoms with Crippen LogP contribution in [-0.2, 0) is 4.79 Å². The van der Waals surface area contributed by atoms with Gasteiger partial charge in [0.2, 0.25) is 5.91 Å². The highest BCUT2D eigenvalue weighted by molar-refractivity contribution is 5.95. The first-order valence-corrected chi connectivity index (χ1v) is 8.97. The van der Waals surface area contributed by atoms with E-state index >= 15 is 0 Å². The Hall–Kier alpha value is -2.50. The van der Waals surface area contributed by atoms with Crippen LogP contribution >= 0.6 is 0 Å². The van der Waals surface area contributed by atoms with Gasteiger partial charge in [-0.05, 0) is 51.0 Å². The number of aryl methyl sites for hydroxylation is 1. The molecule has 1 aliphatic rings. The molecule has 1 fully saturated rings. The van der Waals surface area contributed by atoms with Crippen LogP contribution in [0.4, 0.5) is 17.2 Å². The molecule has 2 aromatic rings. The summed E-state index contributed by atoms with van der Waals surface area (Å²) in [5.74, 6) is 0.956. The predicted octanol–water partition coefficient (Wildman–Crippen LogP) is 3.80. The van der Waals surface area contributed by atoms with Crippen molar-refractivity contribution < 1.29 is 9.32 Å². The van der Waals surface area contributed by atoms with Crippen LogP contribution in [0.15, 0.2) is 34.9 Å². The lowest BCUT2D eigenvalue weighted by Crippen LogP contribution is -2.32. The minimum absolute atomic E-state index is 0.148. The summed E-state index contributed by atoms with van der Waals surface area (Å²) in [4.78, 5) is 14.7. The van der Waals surface area contributed by atoms with Crippen molar-refractivity contribution in [1.29, 1.82) is 0 Å². The zero-order valence-electron chi connectivity index (χ0n) is 14.9. The molecule has 6 nitrogen and oxygen atoms in total. The SMILES string of the molecule is Cc1cc(NC(=O)[C@@H](C)Nc2ccc(N3CCCCCC3)cc2)no1. The summed E-state index contributed by atoms with van der Waals surface area (Å²) >= 11 is 0. The maximum Gasteiger partial charge on any atom is 0.247 e. The van der Waals surface area contributed by atoms with Gasteiger partial charge in [0.1, 0.15) is 11.8 Å². The molecule has 25 heavy (non-hydrogen) atoms. The van der Waals surface area contributed by atoms with E-state index in [2.05, 4.69) is 32.8 Å². The van der Waals surface area contributed by atoms with Crippen molar-refractivity contribution in [2.45, 2.75) is 45.6 Å². The molecule has 0 unspecified atom stereocenters. The molecule has 0 bridgehead atoms. The van der Waals surface area contributed by atoms with Crippen molar-refractivity contribution >= 4 is 23.1 Å². The second kappa shape index (κ2) is 8.05. The molecule has 0 radical (unpaired) electrons. The van der Waals surface area contributed by atoms with Gasteiger partial charge < -0.3 is 20.1 Å². The Morgan fingerprint density at radius 2 is 1.84 bits per heavy atom. The molecular formula is C19H26N4O2. The van der Waals surface area contributed by atoms with Crippen LogP contribution in [0.2, 0.25) is 0 Å². The van der Waals surface area contributed by atoms with Crippen molar-refractivity contribution in [2.24, 2.45) is 0 Å². The lowest BCUT2D eigenvalue weighted by Gasteiger charge is -2.23. The number of benzene rings is 1. The highest BCUT2D eigenvalue weighted by atomic mass is 16.5. The Balaban J connectivity index is 1.55. The lowest BCUT2D eigenvalue weighted by molar-refractivity contribution is -0.116. The van der Waals surface area contributed by atoms with Gasteiger partial charge in [-0.1, -0.05) is 18.0 Å².